The molecule has 0 aliphatic heterocycles. The highest BCUT2D eigenvalue weighted by molar-refractivity contribution is 5.81. The highest BCUT2D eigenvalue weighted by Crippen LogP contribution is 2.59. The summed E-state index contributed by atoms with van der Waals surface area (Å²) in [5.41, 5.74) is -1.34. The first-order valence-electron chi connectivity index (χ1n) is 21.9. The second-order valence-corrected chi connectivity index (χ2v) is 18.3. The molecule has 3 aliphatic carbocycles. The molecule has 0 aromatic rings. The minimum Gasteiger partial charge on any atom is -0.481 e. The fourth-order valence-electron chi connectivity index (χ4n) is 7.33. The summed E-state index contributed by atoms with van der Waals surface area (Å²) in [5.74, 6) is 0.798. The Morgan fingerprint density at radius 2 is 1.24 bits per heavy atom. The van der Waals surface area contributed by atoms with Gasteiger partial charge < -0.3 is 28.8 Å². The molecule has 3 aliphatic rings. The van der Waals surface area contributed by atoms with Crippen molar-refractivity contribution in [1.82, 2.24) is 0 Å². The van der Waals surface area contributed by atoms with Crippen LogP contribution < -0.4 is 0 Å². The monoisotopic (exact) mass is 823 g/mol. The molecule has 58 heavy (non-hydrogen) atoms. The quantitative estimate of drug-likeness (QED) is 0.0625. The van der Waals surface area contributed by atoms with Crippen molar-refractivity contribution in [2.75, 3.05) is 19.8 Å². The summed E-state index contributed by atoms with van der Waals surface area (Å²) in [6.45, 7) is 24.8. The van der Waals surface area contributed by atoms with Crippen molar-refractivity contribution < 1.29 is 57.6 Å². The first-order chi connectivity index (χ1) is 27.1. The lowest BCUT2D eigenvalue weighted by molar-refractivity contribution is -0.169. The molecule has 2 bridgehead atoms. The summed E-state index contributed by atoms with van der Waals surface area (Å²) in [7, 11) is 0. The zero-order chi connectivity index (χ0) is 44.3. The molecule has 0 spiro atoms. The van der Waals surface area contributed by atoms with Crippen LogP contribution in [0.2, 0.25) is 0 Å². The molecule has 0 aromatic heterocycles. The molecule has 3 saturated carbocycles. The maximum atomic E-state index is 12.2. The van der Waals surface area contributed by atoms with Crippen molar-refractivity contribution in [3.8, 4) is 0 Å². The van der Waals surface area contributed by atoms with Gasteiger partial charge in [-0.05, 0) is 122 Å². The Balaban J connectivity index is 0.000000445. The average Bonchev–Trinajstić information content (AvgIpc) is 3.93. The number of unbranched alkanes of at least 4 members (excludes halogenated alkanes) is 1. The Kier molecular flexibility index (Phi) is 22.9. The van der Waals surface area contributed by atoms with Crippen LogP contribution in [0.15, 0.2) is 12.7 Å². The molecule has 1 N–H and O–H groups in total. The summed E-state index contributed by atoms with van der Waals surface area (Å²) in [6, 6.07) is 0. The molecule has 7 unspecified atom stereocenters. The first-order valence-corrected chi connectivity index (χ1v) is 21.9. The van der Waals surface area contributed by atoms with Crippen molar-refractivity contribution in [2.24, 2.45) is 45.8 Å². The van der Waals surface area contributed by atoms with Gasteiger partial charge in [0.25, 0.3) is 0 Å². The van der Waals surface area contributed by atoms with Crippen LogP contribution >= 0.6 is 0 Å². The second kappa shape index (κ2) is 25.2. The number of ether oxygens (including phenoxy) is 5. The van der Waals surface area contributed by atoms with Crippen LogP contribution in [0.5, 0.6) is 0 Å². The summed E-state index contributed by atoms with van der Waals surface area (Å²) >= 11 is 0. The van der Waals surface area contributed by atoms with Gasteiger partial charge in [-0.1, -0.05) is 66.9 Å². The van der Waals surface area contributed by atoms with Crippen molar-refractivity contribution in [3.63, 3.8) is 0 Å². The minimum absolute atomic E-state index is 0.0251. The summed E-state index contributed by atoms with van der Waals surface area (Å²) in [4.78, 5) is 69.0. The topological polar surface area (TPSA) is 169 Å². The van der Waals surface area contributed by atoms with Gasteiger partial charge in [-0.15, -0.1) is 0 Å². The summed E-state index contributed by atoms with van der Waals surface area (Å²) in [5, 5.41) is 8.54. The van der Waals surface area contributed by atoms with Gasteiger partial charge in [0.15, 0.2) is 6.10 Å². The van der Waals surface area contributed by atoms with Gasteiger partial charge in [-0.2, -0.15) is 0 Å². The van der Waals surface area contributed by atoms with Crippen molar-refractivity contribution in [1.29, 1.82) is 0 Å². The van der Waals surface area contributed by atoms with E-state index in [0.717, 1.165) is 49.5 Å². The van der Waals surface area contributed by atoms with Crippen LogP contribution in [0.4, 0.5) is 0 Å². The molecule has 3 rings (SSSR count). The molecule has 3 fully saturated rings. The molecule has 0 amide bonds. The maximum Gasteiger partial charge on any atom is 0.330 e. The Labute approximate surface area is 349 Å². The Hall–Kier alpha value is -3.44. The predicted octanol–water partition coefficient (Wildman–Crippen LogP) is 9.44. The number of hydrogen-bond acceptors (Lipinski definition) is 11. The largest absolute Gasteiger partial charge is 0.481 e. The first kappa shape index (κ1) is 52.6. The highest BCUT2D eigenvalue weighted by atomic mass is 16.6. The minimum atomic E-state index is -1.14. The third-order valence-electron chi connectivity index (χ3n) is 12.7. The molecule has 0 heterocycles. The van der Waals surface area contributed by atoms with Crippen LogP contribution in [-0.4, -0.2) is 73.0 Å². The molecule has 12 nitrogen and oxygen atoms in total. The van der Waals surface area contributed by atoms with E-state index in [1.807, 2.05) is 41.5 Å². The van der Waals surface area contributed by atoms with Gasteiger partial charge in [0.2, 0.25) is 0 Å². The number of esters is 5. The van der Waals surface area contributed by atoms with Crippen LogP contribution in [0, 0.1) is 45.8 Å². The van der Waals surface area contributed by atoms with Crippen LogP contribution in [0.3, 0.4) is 0 Å². The van der Waals surface area contributed by atoms with Gasteiger partial charge in [0, 0.05) is 6.08 Å². The Morgan fingerprint density at radius 3 is 1.76 bits per heavy atom. The number of fused-ring (bicyclic) bond motifs is 5. The van der Waals surface area contributed by atoms with E-state index in [-0.39, 0.29) is 54.9 Å². The van der Waals surface area contributed by atoms with Crippen molar-refractivity contribution in [2.45, 2.75) is 178 Å². The molecule has 0 radical (unpaired) electrons. The number of rotatable bonds is 22. The smallest absolute Gasteiger partial charge is 0.330 e. The number of carbonyl (C=O) groups excluding carboxylic acids is 5. The van der Waals surface area contributed by atoms with Crippen LogP contribution in [-0.2, 0) is 52.5 Å². The highest BCUT2D eigenvalue weighted by Gasteiger charge is 2.55. The third kappa shape index (κ3) is 17.4. The summed E-state index contributed by atoms with van der Waals surface area (Å²) in [6.07, 6.45) is 13.1. The van der Waals surface area contributed by atoms with E-state index in [1.54, 1.807) is 13.8 Å². The van der Waals surface area contributed by atoms with E-state index in [0.29, 0.717) is 24.9 Å². The van der Waals surface area contributed by atoms with Gasteiger partial charge in [-0.25, -0.2) is 4.79 Å². The van der Waals surface area contributed by atoms with Gasteiger partial charge >= 0.3 is 35.8 Å². The average molecular weight is 823 g/mol. The predicted molar refractivity (Wildman–Crippen MR) is 222 cm³/mol. The van der Waals surface area contributed by atoms with Crippen LogP contribution in [0.25, 0.3) is 0 Å². The van der Waals surface area contributed by atoms with E-state index in [2.05, 4.69) is 27.4 Å². The number of carboxylic acid groups (broad SMARTS) is 1. The zero-order valence-corrected chi connectivity index (χ0v) is 37.8. The molecular formula is C46H78O12. The molecule has 0 aromatic carbocycles. The Morgan fingerprint density at radius 1 is 0.707 bits per heavy atom. The van der Waals surface area contributed by atoms with Gasteiger partial charge in [-0.3, -0.25) is 24.0 Å². The van der Waals surface area contributed by atoms with E-state index in [4.69, 9.17) is 28.8 Å². The Bertz CT molecular complexity index is 1330. The van der Waals surface area contributed by atoms with Crippen molar-refractivity contribution >= 4 is 35.8 Å². The summed E-state index contributed by atoms with van der Waals surface area (Å²) < 4.78 is 26.2. The third-order valence-corrected chi connectivity index (χ3v) is 12.7. The lowest BCUT2D eigenvalue weighted by Gasteiger charge is -2.33. The van der Waals surface area contributed by atoms with E-state index < -0.39 is 35.4 Å². The fourth-order valence-corrected chi connectivity index (χ4v) is 7.33. The number of aliphatic carboxylic acids is 1. The lowest BCUT2D eigenvalue weighted by Crippen LogP contribution is -2.36. The normalized spacial score (nSPS) is 21.7. The van der Waals surface area contributed by atoms with Gasteiger partial charge in [0.1, 0.15) is 19.3 Å². The molecule has 7 atom stereocenters. The van der Waals surface area contributed by atoms with Crippen LogP contribution in [0.1, 0.15) is 166 Å². The molecule has 12 heteroatoms. The van der Waals surface area contributed by atoms with E-state index in [9.17, 15) is 28.8 Å². The molecule has 0 saturated heterocycles. The van der Waals surface area contributed by atoms with Crippen molar-refractivity contribution in [3.05, 3.63) is 12.7 Å². The number of carboxylic acids is 1. The van der Waals surface area contributed by atoms with E-state index in [1.165, 1.54) is 44.9 Å². The molecule has 334 valence electrons. The SMILES string of the molecule is C=CC(=O)OCC(COC(=O)C(C)(C)CC)OC(=O)CCC(=O)O.CCC(C)(C)C(=O)OC1CC2CC1C1CCCC21.CCCCC(CC)COC(=O)C(C)(C)CC. The lowest BCUT2D eigenvalue weighted by atomic mass is 9.80. The maximum absolute atomic E-state index is 12.2. The number of carbonyl (C=O) groups is 6. The fraction of sp³-hybridized carbons (Fsp3) is 0.826. The van der Waals surface area contributed by atoms with E-state index >= 15 is 0 Å². The zero-order valence-electron chi connectivity index (χ0n) is 37.8. The molecular weight excluding hydrogens is 744 g/mol. The second-order valence-electron chi connectivity index (χ2n) is 18.3. The van der Waals surface area contributed by atoms with Gasteiger partial charge in [0.05, 0.1) is 35.7 Å². The standard InChI is InChI=1S/C16H24O8.C16H26O2.C14H28O2/c1-5-13(19)22-9-11(24-14(20)8-7-12(17)18)10-23-15(21)16(3,4)6-2;1-4-16(2,3)15(17)18-14-9-10-8-13(14)12-7-5-6-11(10)12;1-6-9-10-12(7-2)11-16-13(15)14(4,5)8-3/h5,11H,1,6-10H2,2-4H3,(H,17,18);10-14H,4-9H2,1-3H3;12H,6-11H2,1-5H3. The number of hydrogen-bond donors (Lipinski definition) is 1.